The molecular weight excluding hydrogens is 534 g/mol. The SMILES string of the molecule is CCCCCCC(Oc1ccc(C(C)(C)CC)cc1C(C)(C)CC)C(=O)NCCc1nc2c(Cl)c(C(C)C)[nH]n2n1. The molecule has 3 aromatic rings. The number of halogens is 1. The summed E-state index contributed by atoms with van der Waals surface area (Å²) in [6, 6.07) is 6.55. The van der Waals surface area contributed by atoms with E-state index in [2.05, 4.69) is 101 Å². The second kappa shape index (κ2) is 14.1. The van der Waals surface area contributed by atoms with Crippen molar-refractivity contribution in [2.75, 3.05) is 6.54 Å². The van der Waals surface area contributed by atoms with Crippen molar-refractivity contribution in [3.63, 3.8) is 0 Å². The molecule has 1 amide bonds. The average Bonchev–Trinajstić information content (AvgIpc) is 3.48. The van der Waals surface area contributed by atoms with Gasteiger partial charge < -0.3 is 10.1 Å². The maximum Gasteiger partial charge on any atom is 0.261 e. The van der Waals surface area contributed by atoms with E-state index in [1.54, 1.807) is 4.63 Å². The van der Waals surface area contributed by atoms with Crippen molar-refractivity contribution in [2.45, 2.75) is 137 Å². The second-order valence-corrected chi connectivity index (χ2v) is 13.3. The van der Waals surface area contributed by atoms with Crippen molar-refractivity contribution in [3.8, 4) is 5.75 Å². The first kappa shape index (κ1) is 33.0. The monoisotopic (exact) mass is 585 g/mol. The summed E-state index contributed by atoms with van der Waals surface area (Å²) in [7, 11) is 0. The highest BCUT2D eigenvalue weighted by molar-refractivity contribution is 6.34. The van der Waals surface area contributed by atoms with Gasteiger partial charge in [-0.3, -0.25) is 9.89 Å². The van der Waals surface area contributed by atoms with E-state index in [9.17, 15) is 4.79 Å². The third-order valence-corrected chi connectivity index (χ3v) is 9.05. The molecule has 1 aromatic carbocycles. The molecule has 3 rings (SSSR count). The van der Waals surface area contributed by atoms with Crippen LogP contribution >= 0.6 is 11.6 Å². The van der Waals surface area contributed by atoms with Gasteiger partial charge in [0.15, 0.2) is 17.6 Å². The molecule has 2 aromatic heterocycles. The lowest BCUT2D eigenvalue weighted by molar-refractivity contribution is -0.128. The minimum absolute atomic E-state index is 0.0707. The zero-order valence-corrected chi connectivity index (χ0v) is 27.5. The van der Waals surface area contributed by atoms with E-state index in [0.717, 1.165) is 50.0 Å². The molecule has 228 valence electrons. The molecule has 41 heavy (non-hydrogen) atoms. The summed E-state index contributed by atoms with van der Waals surface area (Å²) in [5.74, 6) is 1.60. The smallest absolute Gasteiger partial charge is 0.261 e. The molecular formula is C33H52ClN5O2. The Morgan fingerprint density at radius 3 is 2.39 bits per heavy atom. The molecule has 0 fully saturated rings. The number of aromatic amines is 1. The Hall–Kier alpha value is -2.54. The number of nitrogens with one attached hydrogen (secondary N) is 2. The number of fused-ring (bicyclic) bond motifs is 1. The van der Waals surface area contributed by atoms with Crippen LogP contribution in [0.5, 0.6) is 5.75 Å². The lowest BCUT2D eigenvalue weighted by Crippen LogP contribution is -2.40. The summed E-state index contributed by atoms with van der Waals surface area (Å²) in [4.78, 5) is 18.1. The van der Waals surface area contributed by atoms with Crippen LogP contribution < -0.4 is 10.1 Å². The molecule has 2 heterocycles. The van der Waals surface area contributed by atoms with E-state index >= 15 is 0 Å². The van der Waals surface area contributed by atoms with Crippen molar-refractivity contribution in [1.29, 1.82) is 0 Å². The standard InChI is InChI=1S/C33H52ClN5O2/c1-10-13-14-15-16-26(41-25-18-17-23(32(6,7)11-2)21-24(25)33(8,9)12-3)31(40)35-20-19-27-36-30-28(34)29(22(4)5)38-39(30)37-27/h17-18,21-22,26,38H,10-16,19-20H2,1-9H3,(H,35,40). The van der Waals surface area contributed by atoms with Crippen LogP contribution in [0.4, 0.5) is 0 Å². The number of unbranched alkanes of at least 4 members (excludes halogenated alkanes) is 3. The van der Waals surface area contributed by atoms with Gasteiger partial charge in [0.2, 0.25) is 0 Å². The Morgan fingerprint density at radius 1 is 1.07 bits per heavy atom. The fourth-order valence-electron chi connectivity index (χ4n) is 4.89. The van der Waals surface area contributed by atoms with Gasteiger partial charge in [0, 0.05) is 18.5 Å². The molecule has 0 aliphatic carbocycles. The zero-order chi connectivity index (χ0) is 30.4. The highest BCUT2D eigenvalue weighted by atomic mass is 35.5. The Morgan fingerprint density at radius 2 is 1.78 bits per heavy atom. The van der Waals surface area contributed by atoms with Crippen LogP contribution in [-0.4, -0.2) is 38.4 Å². The molecule has 1 unspecified atom stereocenters. The average molecular weight is 586 g/mol. The van der Waals surface area contributed by atoms with Crippen molar-refractivity contribution in [3.05, 3.63) is 45.9 Å². The number of hydrogen-bond donors (Lipinski definition) is 2. The normalized spacial score (nSPS) is 13.2. The summed E-state index contributed by atoms with van der Waals surface area (Å²) in [6.07, 6.45) is 6.99. The molecule has 8 heteroatoms. The lowest BCUT2D eigenvalue weighted by atomic mass is 9.76. The number of carbonyl (C=O) groups excluding carboxylic acids is 1. The Kier molecular flexibility index (Phi) is 11.3. The molecule has 7 nitrogen and oxygen atoms in total. The van der Waals surface area contributed by atoms with Gasteiger partial charge in [-0.05, 0) is 54.1 Å². The van der Waals surface area contributed by atoms with Crippen LogP contribution in [0.25, 0.3) is 5.65 Å². The van der Waals surface area contributed by atoms with E-state index < -0.39 is 6.10 Å². The molecule has 0 spiro atoms. The second-order valence-electron chi connectivity index (χ2n) is 12.9. The fourth-order valence-corrected chi connectivity index (χ4v) is 5.27. The summed E-state index contributed by atoms with van der Waals surface area (Å²) >= 11 is 6.50. The minimum Gasteiger partial charge on any atom is -0.480 e. The molecule has 0 aliphatic rings. The van der Waals surface area contributed by atoms with Crippen molar-refractivity contribution < 1.29 is 9.53 Å². The number of nitrogens with zero attached hydrogens (tertiary/aromatic N) is 3. The van der Waals surface area contributed by atoms with Crippen molar-refractivity contribution >= 4 is 23.2 Å². The highest BCUT2D eigenvalue weighted by Gasteiger charge is 2.29. The predicted molar refractivity (Wildman–Crippen MR) is 169 cm³/mol. The van der Waals surface area contributed by atoms with E-state index in [-0.39, 0.29) is 22.7 Å². The van der Waals surface area contributed by atoms with E-state index in [1.165, 1.54) is 11.1 Å². The number of amides is 1. The van der Waals surface area contributed by atoms with Crippen molar-refractivity contribution in [1.82, 2.24) is 25.1 Å². The number of ether oxygens (including phenoxy) is 1. The largest absolute Gasteiger partial charge is 0.480 e. The van der Waals surface area contributed by atoms with Gasteiger partial charge in [0.1, 0.15) is 10.8 Å². The van der Waals surface area contributed by atoms with E-state index in [4.69, 9.17) is 16.3 Å². The van der Waals surface area contributed by atoms with Gasteiger partial charge >= 0.3 is 0 Å². The maximum absolute atomic E-state index is 13.5. The first-order chi connectivity index (χ1) is 19.3. The number of H-pyrrole nitrogens is 1. The third kappa shape index (κ3) is 8.06. The van der Waals surface area contributed by atoms with Gasteiger partial charge in [-0.25, -0.2) is 4.98 Å². The molecule has 0 aliphatic heterocycles. The Bertz CT molecular complexity index is 1290. The summed E-state index contributed by atoms with van der Waals surface area (Å²) in [5, 5.41) is 11.4. The van der Waals surface area contributed by atoms with Gasteiger partial charge in [-0.2, -0.15) is 4.63 Å². The third-order valence-electron chi connectivity index (χ3n) is 8.67. The number of rotatable bonds is 16. The summed E-state index contributed by atoms with van der Waals surface area (Å²) < 4.78 is 8.22. The van der Waals surface area contributed by atoms with E-state index in [1.807, 2.05) is 0 Å². The van der Waals surface area contributed by atoms with Gasteiger partial charge in [-0.1, -0.05) is 105 Å². The van der Waals surface area contributed by atoms with E-state index in [0.29, 0.717) is 35.9 Å². The number of hydrogen-bond acceptors (Lipinski definition) is 4. The number of benzene rings is 1. The maximum atomic E-state index is 13.5. The Labute approximate surface area is 252 Å². The fraction of sp³-hybridized carbons (Fsp3) is 0.667. The quantitative estimate of drug-likeness (QED) is 0.166. The van der Waals surface area contributed by atoms with Crippen LogP contribution in [0, 0.1) is 0 Å². The van der Waals surface area contributed by atoms with Crippen LogP contribution in [0.1, 0.15) is 136 Å². The predicted octanol–water partition coefficient (Wildman–Crippen LogP) is 8.29. The number of carbonyl (C=O) groups is 1. The molecule has 2 N–H and O–H groups in total. The van der Waals surface area contributed by atoms with Gasteiger partial charge in [-0.15, -0.1) is 5.10 Å². The van der Waals surface area contributed by atoms with Crippen LogP contribution in [0.2, 0.25) is 5.02 Å². The molecule has 0 saturated carbocycles. The molecule has 1 atom stereocenters. The first-order valence-electron chi connectivity index (χ1n) is 15.6. The first-order valence-corrected chi connectivity index (χ1v) is 15.9. The van der Waals surface area contributed by atoms with Crippen LogP contribution in [0.3, 0.4) is 0 Å². The molecule has 0 radical (unpaired) electrons. The lowest BCUT2D eigenvalue weighted by Gasteiger charge is -2.31. The van der Waals surface area contributed by atoms with Crippen LogP contribution in [-0.2, 0) is 22.0 Å². The van der Waals surface area contributed by atoms with Crippen LogP contribution in [0.15, 0.2) is 18.2 Å². The minimum atomic E-state index is -0.559. The van der Waals surface area contributed by atoms with Gasteiger partial charge in [0.05, 0.1) is 5.69 Å². The topological polar surface area (TPSA) is 84.3 Å². The number of aromatic nitrogens is 4. The Balaban J connectivity index is 1.77. The van der Waals surface area contributed by atoms with Gasteiger partial charge in [0.25, 0.3) is 5.91 Å². The summed E-state index contributed by atoms with van der Waals surface area (Å²) in [6.45, 7) is 20.3. The molecule has 0 bridgehead atoms. The molecule has 0 saturated heterocycles. The zero-order valence-electron chi connectivity index (χ0n) is 26.8. The van der Waals surface area contributed by atoms with Crippen molar-refractivity contribution in [2.24, 2.45) is 0 Å². The highest BCUT2D eigenvalue weighted by Crippen LogP contribution is 2.39. The summed E-state index contributed by atoms with van der Waals surface area (Å²) in [5.41, 5.74) is 4.00.